The number of hydrogen-bond acceptors (Lipinski definition) is 3. The highest BCUT2D eigenvalue weighted by atomic mass is 19.1. The zero-order valence-corrected chi connectivity index (χ0v) is 12.1. The lowest BCUT2D eigenvalue weighted by atomic mass is 10.2. The van der Waals surface area contributed by atoms with Crippen LogP contribution >= 0.6 is 0 Å². The molecule has 1 aromatic rings. The smallest absolute Gasteiger partial charge is 0.170 e. The Morgan fingerprint density at radius 1 is 1.53 bits per heavy atom. The van der Waals surface area contributed by atoms with Gasteiger partial charge in [-0.1, -0.05) is 13.8 Å². The first-order chi connectivity index (χ1) is 9.13. The van der Waals surface area contributed by atoms with Gasteiger partial charge in [0, 0.05) is 31.9 Å². The van der Waals surface area contributed by atoms with E-state index in [-0.39, 0.29) is 5.82 Å². The van der Waals surface area contributed by atoms with Crippen LogP contribution in [0.5, 0.6) is 0 Å². The first kappa shape index (κ1) is 14.3. The Bertz CT molecular complexity index is 422. The Balaban J connectivity index is 2.01. The maximum atomic E-state index is 14.4. The van der Waals surface area contributed by atoms with Gasteiger partial charge in [-0.15, -0.1) is 0 Å². The third-order valence-electron chi connectivity index (χ3n) is 3.84. The van der Waals surface area contributed by atoms with Gasteiger partial charge in [-0.2, -0.15) is 0 Å². The number of pyridine rings is 1. The molecule has 1 N–H and O–H groups in total. The number of rotatable bonds is 7. The molecule has 19 heavy (non-hydrogen) atoms. The van der Waals surface area contributed by atoms with Gasteiger partial charge >= 0.3 is 0 Å². The zero-order chi connectivity index (χ0) is 13.8. The van der Waals surface area contributed by atoms with E-state index in [9.17, 15) is 4.39 Å². The summed E-state index contributed by atoms with van der Waals surface area (Å²) in [7, 11) is 1.93. The molecule has 1 fully saturated rings. The molecule has 1 aromatic heterocycles. The van der Waals surface area contributed by atoms with Gasteiger partial charge in [0.15, 0.2) is 11.6 Å². The van der Waals surface area contributed by atoms with Crippen molar-refractivity contribution in [2.24, 2.45) is 11.8 Å². The van der Waals surface area contributed by atoms with Crippen LogP contribution in [-0.2, 0) is 6.54 Å². The molecule has 2 rings (SSSR count). The maximum absolute atomic E-state index is 14.4. The molecule has 0 bridgehead atoms. The Labute approximate surface area is 115 Å². The summed E-state index contributed by atoms with van der Waals surface area (Å²) in [6.07, 6.45) is 4.01. The molecule has 0 radical (unpaired) electrons. The van der Waals surface area contributed by atoms with Crippen molar-refractivity contribution in [1.82, 2.24) is 10.3 Å². The molecule has 0 aromatic carbocycles. The highest BCUT2D eigenvalue weighted by molar-refractivity contribution is 5.42. The number of halogens is 1. The highest BCUT2D eigenvalue weighted by Crippen LogP contribution is 2.38. The number of hydrogen-bond donors (Lipinski definition) is 1. The van der Waals surface area contributed by atoms with Crippen LogP contribution in [0.3, 0.4) is 0 Å². The topological polar surface area (TPSA) is 28.2 Å². The Morgan fingerprint density at radius 3 is 2.89 bits per heavy atom. The van der Waals surface area contributed by atoms with Crippen molar-refractivity contribution in [3.05, 3.63) is 23.6 Å². The van der Waals surface area contributed by atoms with Gasteiger partial charge in [-0.05, 0) is 37.3 Å². The number of aromatic nitrogens is 1. The lowest BCUT2D eigenvalue weighted by molar-refractivity contribution is 0.574. The maximum Gasteiger partial charge on any atom is 0.170 e. The highest BCUT2D eigenvalue weighted by Gasteiger charge is 2.33. The molecular weight excluding hydrogens is 241 g/mol. The predicted octanol–water partition coefficient (Wildman–Crippen LogP) is 2.81. The van der Waals surface area contributed by atoms with E-state index in [4.69, 9.17) is 0 Å². The molecule has 0 amide bonds. The van der Waals surface area contributed by atoms with Crippen LogP contribution in [0, 0.1) is 17.7 Å². The van der Waals surface area contributed by atoms with Crippen molar-refractivity contribution in [2.75, 3.05) is 25.0 Å². The fourth-order valence-electron chi connectivity index (χ4n) is 2.37. The van der Waals surface area contributed by atoms with Crippen molar-refractivity contribution in [1.29, 1.82) is 0 Å². The van der Waals surface area contributed by atoms with Crippen LogP contribution in [0.15, 0.2) is 12.3 Å². The lowest BCUT2D eigenvalue weighted by Crippen LogP contribution is -2.24. The molecule has 1 aliphatic carbocycles. The van der Waals surface area contributed by atoms with Crippen LogP contribution in [0.4, 0.5) is 10.2 Å². The Kier molecular flexibility index (Phi) is 4.75. The molecular formula is C15H24FN3. The number of anilines is 1. The third-order valence-corrected chi connectivity index (χ3v) is 3.84. The van der Waals surface area contributed by atoms with Gasteiger partial charge in [-0.25, -0.2) is 9.37 Å². The second kappa shape index (κ2) is 6.33. The van der Waals surface area contributed by atoms with E-state index in [1.807, 2.05) is 11.9 Å². The minimum Gasteiger partial charge on any atom is -0.357 e. The zero-order valence-electron chi connectivity index (χ0n) is 12.1. The van der Waals surface area contributed by atoms with Gasteiger partial charge in [0.2, 0.25) is 0 Å². The first-order valence-electron chi connectivity index (χ1n) is 7.18. The minimum atomic E-state index is -0.179. The van der Waals surface area contributed by atoms with Crippen molar-refractivity contribution >= 4 is 5.82 Å². The lowest BCUT2D eigenvalue weighted by Gasteiger charge is -2.20. The average Bonchev–Trinajstić information content (AvgIpc) is 3.07. The molecule has 1 saturated carbocycles. The van der Waals surface area contributed by atoms with E-state index >= 15 is 0 Å². The summed E-state index contributed by atoms with van der Waals surface area (Å²) in [5.41, 5.74) is 0.703. The quantitative estimate of drug-likeness (QED) is 0.768. The molecule has 2 unspecified atom stereocenters. The van der Waals surface area contributed by atoms with E-state index < -0.39 is 0 Å². The molecule has 1 heterocycles. The monoisotopic (exact) mass is 265 g/mol. The predicted molar refractivity (Wildman–Crippen MR) is 76.7 cm³/mol. The van der Waals surface area contributed by atoms with Crippen LogP contribution in [0.25, 0.3) is 0 Å². The van der Waals surface area contributed by atoms with Crippen molar-refractivity contribution in [2.45, 2.75) is 33.2 Å². The second-order valence-corrected chi connectivity index (χ2v) is 5.64. The van der Waals surface area contributed by atoms with Gasteiger partial charge in [0.1, 0.15) is 0 Å². The third kappa shape index (κ3) is 3.66. The summed E-state index contributed by atoms with van der Waals surface area (Å²) in [5, 5.41) is 3.23. The Morgan fingerprint density at radius 2 is 2.26 bits per heavy atom. The normalized spacial score (nSPS) is 21.5. The van der Waals surface area contributed by atoms with Gasteiger partial charge in [-0.3, -0.25) is 0 Å². The van der Waals surface area contributed by atoms with Crippen molar-refractivity contribution in [3.8, 4) is 0 Å². The van der Waals surface area contributed by atoms with Crippen molar-refractivity contribution in [3.63, 3.8) is 0 Å². The largest absolute Gasteiger partial charge is 0.357 e. The number of nitrogens with zero attached hydrogens (tertiary/aromatic N) is 2. The minimum absolute atomic E-state index is 0.179. The summed E-state index contributed by atoms with van der Waals surface area (Å²) in [6, 6.07) is 1.76. The second-order valence-electron chi connectivity index (χ2n) is 5.64. The van der Waals surface area contributed by atoms with E-state index in [0.717, 1.165) is 25.4 Å². The fraction of sp³-hybridized carbons (Fsp3) is 0.667. The van der Waals surface area contributed by atoms with Gasteiger partial charge in [0.25, 0.3) is 0 Å². The average molecular weight is 265 g/mol. The Hall–Kier alpha value is -1.16. The van der Waals surface area contributed by atoms with E-state index in [1.165, 1.54) is 6.42 Å². The molecule has 106 valence electrons. The summed E-state index contributed by atoms with van der Waals surface area (Å²) >= 11 is 0. The standard InChI is InChI=1S/C15H24FN3/c1-4-6-17-9-12-5-7-18-15(14(12)16)19(3)10-13-8-11(13)2/h5,7,11,13,17H,4,6,8-10H2,1-3H3. The summed E-state index contributed by atoms with van der Waals surface area (Å²) in [6.45, 7) is 6.73. The van der Waals surface area contributed by atoms with Crippen molar-refractivity contribution < 1.29 is 4.39 Å². The molecule has 0 saturated heterocycles. The SMILES string of the molecule is CCCNCc1ccnc(N(C)CC2CC2C)c1F. The van der Waals surface area contributed by atoms with E-state index in [0.29, 0.717) is 23.8 Å². The molecule has 0 aliphatic heterocycles. The van der Waals surface area contributed by atoms with E-state index in [1.54, 1.807) is 12.3 Å². The van der Waals surface area contributed by atoms with E-state index in [2.05, 4.69) is 24.1 Å². The van der Waals surface area contributed by atoms with Crippen LogP contribution in [0.1, 0.15) is 32.3 Å². The molecule has 3 nitrogen and oxygen atoms in total. The van der Waals surface area contributed by atoms with Gasteiger partial charge in [0.05, 0.1) is 0 Å². The molecule has 4 heteroatoms. The number of nitrogens with one attached hydrogen (secondary N) is 1. The summed E-state index contributed by atoms with van der Waals surface area (Å²) < 4.78 is 14.4. The van der Waals surface area contributed by atoms with Crippen LogP contribution in [-0.4, -0.2) is 25.1 Å². The van der Waals surface area contributed by atoms with Crippen LogP contribution in [0.2, 0.25) is 0 Å². The summed E-state index contributed by atoms with van der Waals surface area (Å²) in [4.78, 5) is 6.15. The molecule has 0 spiro atoms. The first-order valence-corrected chi connectivity index (χ1v) is 7.18. The molecule has 2 atom stereocenters. The fourth-order valence-corrected chi connectivity index (χ4v) is 2.37. The van der Waals surface area contributed by atoms with Crippen LogP contribution < -0.4 is 10.2 Å². The molecule has 1 aliphatic rings. The van der Waals surface area contributed by atoms with Gasteiger partial charge < -0.3 is 10.2 Å². The summed E-state index contributed by atoms with van der Waals surface area (Å²) in [5.74, 6) is 1.78.